The molecule has 0 spiro atoms. The molecule has 1 unspecified atom stereocenters. The zero-order chi connectivity index (χ0) is 16.1. The highest BCUT2D eigenvalue weighted by atomic mass is 32.2. The normalized spacial score (nSPS) is 11.8. The Kier molecular flexibility index (Phi) is 5.38. The second-order valence-corrected chi connectivity index (χ2v) is 5.94. The van der Waals surface area contributed by atoms with Crippen LogP contribution in [0.25, 0.3) is 0 Å². The number of methoxy groups -OCH3 is 1. The number of para-hydroxylation sites is 1. The first-order chi connectivity index (χ1) is 10.5. The van der Waals surface area contributed by atoms with Crippen molar-refractivity contribution in [1.82, 2.24) is 0 Å². The Morgan fingerprint density at radius 2 is 1.82 bits per heavy atom. The number of amides is 1. The van der Waals surface area contributed by atoms with Crippen LogP contribution in [-0.4, -0.2) is 18.3 Å². The van der Waals surface area contributed by atoms with Crippen LogP contribution in [0.1, 0.15) is 6.92 Å². The maximum Gasteiger partial charge on any atom is 0.237 e. The van der Waals surface area contributed by atoms with Crippen LogP contribution in [0.5, 0.6) is 5.75 Å². The molecule has 116 valence electrons. The van der Waals surface area contributed by atoms with Gasteiger partial charge in [-0.25, -0.2) is 8.78 Å². The number of anilines is 1. The van der Waals surface area contributed by atoms with Crippen molar-refractivity contribution < 1.29 is 18.3 Å². The summed E-state index contributed by atoms with van der Waals surface area (Å²) in [5.74, 6) is -1.39. The molecule has 0 radical (unpaired) electrons. The van der Waals surface area contributed by atoms with E-state index in [1.165, 1.54) is 17.8 Å². The van der Waals surface area contributed by atoms with Gasteiger partial charge in [0.15, 0.2) is 0 Å². The first-order valence-corrected chi connectivity index (χ1v) is 7.45. The zero-order valence-electron chi connectivity index (χ0n) is 12.1. The van der Waals surface area contributed by atoms with E-state index in [-0.39, 0.29) is 0 Å². The number of thioether (sulfide) groups is 1. The summed E-state index contributed by atoms with van der Waals surface area (Å²) in [4.78, 5) is 12.9. The van der Waals surface area contributed by atoms with E-state index < -0.39 is 28.5 Å². The van der Waals surface area contributed by atoms with Crippen molar-refractivity contribution in [1.29, 1.82) is 0 Å². The second kappa shape index (κ2) is 7.26. The van der Waals surface area contributed by atoms with Crippen LogP contribution in [0.2, 0.25) is 0 Å². The number of hydrogen-bond donors (Lipinski definition) is 1. The van der Waals surface area contributed by atoms with Gasteiger partial charge < -0.3 is 10.1 Å². The fraction of sp³-hybridized carbons (Fsp3) is 0.188. The van der Waals surface area contributed by atoms with Crippen molar-refractivity contribution in [3.63, 3.8) is 0 Å². The highest BCUT2D eigenvalue weighted by Gasteiger charge is 2.18. The number of carbonyl (C=O) groups is 1. The maximum absolute atomic E-state index is 13.5. The Morgan fingerprint density at radius 1 is 1.18 bits per heavy atom. The largest absolute Gasteiger partial charge is 0.497 e. The third-order valence-electron chi connectivity index (χ3n) is 2.93. The van der Waals surface area contributed by atoms with Crippen molar-refractivity contribution in [2.75, 3.05) is 12.4 Å². The van der Waals surface area contributed by atoms with E-state index in [2.05, 4.69) is 5.32 Å². The number of benzene rings is 2. The first-order valence-electron chi connectivity index (χ1n) is 6.57. The van der Waals surface area contributed by atoms with E-state index in [9.17, 15) is 13.6 Å². The number of halogens is 2. The maximum atomic E-state index is 13.5. The average Bonchev–Trinajstić information content (AvgIpc) is 2.51. The van der Waals surface area contributed by atoms with Gasteiger partial charge in [0.05, 0.1) is 12.4 Å². The molecule has 2 rings (SSSR count). The van der Waals surface area contributed by atoms with Gasteiger partial charge in [0.2, 0.25) is 5.91 Å². The molecule has 0 fully saturated rings. The Morgan fingerprint density at radius 3 is 2.45 bits per heavy atom. The van der Waals surface area contributed by atoms with Gasteiger partial charge in [-0.2, -0.15) is 0 Å². The molecule has 1 amide bonds. The molecule has 0 aliphatic heterocycles. The van der Waals surface area contributed by atoms with Gasteiger partial charge >= 0.3 is 0 Å². The summed E-state index contributed by atoms with van der Waals surface area (Å²) in [7, 11) is 1.56. The summed E-state index contributed by atoms with van der Waals surface area (Å²) >= 11 is 1.28. The molecule has 6 heteroatoms. The highest BCUT2D eigenvalue weighted by Crippen LogP contribution is 2.28. The molecule has 0 aliphatic rings. The predicted octanol–water partition coefficient (Wildman–Crippen LogP) is 4.09. The lowest BCUT2D eigenvalue weighted by atomic mass is 10.3. The summed E-state index contributed by atoms with van der Waals surface area (Å²) in [6, 6.07) is 10.7. The summed E-state index contributed by atoms with van der Waals surface area (Å²) in [6.07, 6.45) is 0. The van der Waals surface area contributed by atoms with E-state index in [1.54, 1.807) is 26.2 Å². The molecule has 0 aliphatic carbocycles. The second-order valence-electron chi connectivity index (χ2n) is 4.52. The first kappa shape index (κ1) is 16.3. The highest BCUT2D eigenvalue weighted by molar-refractivity contribution is 8.00. The van der Waals surface area contributed by atoms with Crippen molar-refractivity contribution in [2.45, 2.75) is 17.1 Å². The molecule has 3 nitrogen and oxygen atoms in total. The monoisotopic (exact) mass is 323 g/mol. The molecule has 22 heavy (non-hydrogen) atoms. The smallest absolute Gasteiger partial charge is 0.237 e. The molecule has 0 bridgehead atoms. The molecular weight excluding hydrogens is 308 g/mol. The lowest BCUT2D eigenvalue weighted by Crippen LogP contribution is -2.23. The predicted molar refractivity (Wildman–Crippen MR) is 83.3 cm³/mol. The number of hydrogen-bond acceptors (Lipinski definition) is 3. The number of nitrogens with one attached hydrogen (secondary N) is 1. The van der Waals surface area contributed by atoms with Gasteiger partial charge in [0.1, 0.15) is 23.1 Å². The third kappa shape index (κ3) is 3.98. The number of carbonyl (C=O) groups excluding carboxylic acids is 1. The average molecular weight is 323 g/mol. The van der Waals surface area contributed by atoms with Crippen molar-refractivity contribution >= 4 is 23.4 Å². The molecule has 1 atom stereocenters. The molecular formula is C16H15F2NO2S. The number of ether oxygens (including phenoxy) is 1. The van der Waals surface area contributed by atoms with Crippen LogP contribution in [0, 0.1) is 11.6 Å². The third-order valence-corrected chi connectivity index (χ3v) is 4.03. The molecule has 0 aromatic heterocycles. The Labute approximate surface area is 131 Å². The molecule has 0 saturated heterocycles. The zero-order valence-corrected chi connectivity index (χ0v) is 12.9. The standard InChI is InChI=1S/C16H15F2NO2S/c1-10(22-12-6-3-5-11(9-12)21-2)16(20)19-15-13(17)7-4-8-14(15)18/h3-10H,1-2H3,(H,19,20). The topological polar surface area (TPSA) is 38.3 Å². The summed E-state index contributed by atoms with van der Waals surface area (Å²) < 4.78 is 32.2. The van der Waals surface area contributed by atoms with E-state index in [1.807, 2.05) is 12.1 Å². The lowest BCUT2D eigenvalue weighted by Gasteiger charge is -2.13. The Hall–Kier alpha value is -2.08. The summed E-state index contributed by atoms with van der Waals surface area (Å²) in [5.41, 5.74) is -0.425. The van der Waals surface area contributed by atoms with Gasteiger partial charge in [-0.05, 0) is 37.3 Å². The van der Waals surface area contributed by atoms with E-state index in [0.29, 0.717) is 5.75 Å². The fourth-order valence-electron chi connectivity index (χ4n) is 1.77. The van der Waals surface area contributed by atoms with Gasteiger partial charge in [-0.15, -0.1) is 11.8 Å². The molecule has 2 aromatic rings. The van der Waals surface area contributed by atoms with Crippen LogP contribution < -0.4 is 10.1 Å². The van der Waals surface area contributed by atoms with Crippen molar-refractivity contribution in [2.24, 2.45) is 0 Å². The minimum absolute atomic E-state index is 0.425. The van der Waals surface area contributed by atoms with Crippen LogP contribution in [0.15, 0.2) is 47.4 Å². The Balaban J connectivity index is 2.06. The fourth-order valence-corrected chi connectivity index (χ4v) is 2.69. The van der Waals surface area contributed by atoms with Crippen LogP contribution >= 0.6 is 11.8 Å². The minimum Gasteiger partial charge on any atom is -0.497 e. The lowest BCUT2D eigenvalue weighted by molar-refractivity contribution is -0.115. The van der Waals surface area contributed by atoms with Gasteiger partial charge in [0, 0.05) is 4.90 Å². The van der Waals surface area contributed by atoms with Crippen LogP contribution in [0.4, 0.5) is 14.5 Å². The Bertz CT molecular complexity index is 659. The van der Waals surface area contributed by atoms with E-state index >= 15 is 0 Å². The SMILES string of the molecule is COc1cccc(SC(C)C(=O)Nc2c(F)cccc2F)c1. The van der Waals surface area contributed by atoms with Gasteiger partial charge in [-0.1, -0.05) is 12.1 Å². The quantitative estimate of drug-likeness (QED) is 0.842. The van der Waals surface area contributed by atoms with Crippen LogP contribution in [0.3, 0.4) is 0 Å². The molecule has 1 N–H and O–H groups in total. The summed E-state index contributed by atoms with van der Waals surface area (Å²) in [6.45, 7) is 1.66. The molecule has 0 heterocycles. The summed E-state index contributed by atoms with van der Waals surface area (Å²) in [5, 5.41) is 1.76. The molecule has 0 saturated carbocycles. The van der Waals surface area contributed by atoms with E-state index in [4.69, 9.17) is 4.74 Å². The molecule has 2 aromatic carbocycles. The van der Waals surface area contributed by atoms with Crippen molar-refractivity contribution in [3.05, 3.63) is 54.1 Å². The van der Waals surface area contributed by atoms with Gasteiger partial charge in [-0.3, -0.25) is 4.79 Å². The minimum atomic E-state index is -0.799. The van der Waals surface area contributed by atoms with Crippen molar-refractivity contribution in [3.8, 4) is 5.75 Å². The van der Waals surface area contributed by atoms with E-state index in [0.717, 1.165) is 17.0 Å². The van der Waals surface area contributed by atoms with Crippen LogP contribution in [-0.2, 0) is 4.79 Å². The number of rotatable bonds is 5. The van der Waals surface area contributed by atoms with Gasteiger partial charge in [0.25, 0.3) is 0 Å².